The maximum Gasteiger partial charge on any atom is 0.303 e. The molecule has 2 saturated heterocycles. The van der Waals surface area contributed by atoms with Crippen LogP contribution in [-0.4, -0.2) is 41.6 Å². The molecule has 1 aliphatic carbocycles. The molecule has 2 N–H and O–H groups in total. The van der Waals surface area contributed by atoms with E-state index in [1.165, 1.54) is 12.8 Å². The number of carbonyl (C=O) groups excluding carboxylic acids is 1. The fourth-order valence-corrected chi connectivity index (χ4v) is 6.39. The Morgan fingerprint density at radius 3 is 2.61 bits per heavy atom. The van der Waals surface area contributed by atoms with Gasteiger partial charge in [0.15, 0.2) is 0 Å². The normalized spacial score (nSPS) is 19.6. The van der Waals surface area contributed by atoms with E-state index in [9.17, 15) is 14.7 Å². The van der Waals surface area contributed by atoms with Gasteiger partial charge in [-0.1, -0.05) is 45.7 Å². The van der Waals surface area contributed by atoms with Crippen LogP contribution in [0.5, 0.6) is 0 Å². The van der Waals surface area contributed by atoms with E-state index in [-0.39, 0.29) is 24.8 Å². The van der Waals surface area contributed by atoms with Gasteiger partial charge in [0, 0.05) is 52.4 Å². The Hall–Kier alpha value is -2.64. The highest BCUT2D eigenvalue weighted by atomic mass is 79.9. The summed E-state index contributed by atoms with van der Waals surface area (Å²) in [4.78, 5) is 32.3. The van der Waals surface area contributed by atoms with Gasteiger partial charge in [-0.15, -0.1) is 0 Å². The number of nitrogens with zero attached hydrogens (tertiary/aromatic N) is 2. The second-order valence-electron chi connectivity index (χ2n) is 10.1. The summed E-state index contributed by atoms with van der Waals surface area (Å²) < 4.78 is 0.882. The number of fused-ring (bicyclic) bond motifs is 3. The third kappa shape index (κ3) is 5.09. The molecule has 3 aromatic rings. The Morgan fingerprint density at radius 2 is 1.92 bits per heavy atom. The number of pyridine rings is 1. The third-order valence-electron chi connectivity index (χ3n) is 7.54. The van der Waals surface area contributed by atoms with Gasteiger partial charge in [-0.25, -0.2) is 4.98 Å². The van der Waals surface area contributed by atoms with Crippen LogP contribution in [0.2, 0.25) is 5.02 Å². The standard InChI is InChI=1S/C28H29BrClN3O3/c1-16-26(28(36)31-13-19(6-9-25(34)35)21-4-2-3-5-23(21)30)22-12-20(29)7-8-24(22)32-27(16)33-14-17-10-18(11-17)15-33/h2-5,7-8,12,17-19H,6,9-11,13-15H2,1H3,(H,31,36)(H,34,35). The molecule has 3 heterocycles. The van der Waals surface area contributed by atoms with E-state index in [1.807, 2.05) is 43.3 Å². The zero-order valence-electron chi connectivity index (χ0n) is 20.1. The molecule has 1 saturated carbocycles. The minimum absolute atomic E-state index is 0.00262. The minimum Gasteiger partial charge on any atom is -0.481 e. The predicted molar refractivity (Wildman–Crippen MR) is 146 cm³/mol. The van der Waals surface area contributed by atoms with Gasteiger partial charge in [-0.05, 0) is 67.9 Å². The average Bonchev–Trinajstić information content (AvgIpc) is 2.83. The highest BCUT2D eigenvalue weighted by molar-refractivity contribution is 9.10. The van der Waals surface area contributed by atoms with E-state index in [4.69, 9.17) is 16.6 Å². The van der Waals surface area contributed by atoms with Crippen LogP contribution in [0, 0.1) is 18.8 Å². The molecule has 2 aliphatic heterocycles. The Labute approximate surface area is 224 Å². The molecular formula is C28H29BrClN3O3. The molecule has 1 aromatic heterocycles. The molecule has 8 heteroatoms. The van der Waals surface area contributed by atoms with Crippen molar-refractivity contribution in [1.29, 1.82) is 0 Å². The summed E-state index contributed by atoms with van der Waals surface area (Å²) in [5.74, 6) is 1.05. The van der Waals surface area contributed by atoms with Crippen LogP contribution in [-0.2, 0) is 4.79 Å². The first kappa shape index (κ1) is 25.0. The summed E-state index contributed by atoms with van der Waals surface area (Å²) in [6.45, 7) is 4.23. The Morgan fingerprint density at radius 1 is 1.19 bits per heavy atom. The van der Waals surface area contributed by atoms with E-state index < -0.39 is 5.97 Å². The van der Waals surface area contributed by atoms with Crippen molar-refractivity contribution in [3.8, 4) is 0 Å². The third-order valence-corrected chi connectivity index (χ3v) is 8.38. The molecule has 1 atom stereocenters. The number of carbonyl (C=O) groups is 2. The SMILES string of the molecule is Cc1c(N2CC3CC(C3)C2)nc2ccc(Br)cc2c1C(=O)NCC(CCC(=O)O)c1ccccc1Cl. The number of aliphatic carboxylic acids is 1. The van der Waals surface area contributed by atoms with Gasteiger partial charge in [0.05, 0.1) is 11.1 Å². The van der Waals surface area contributed by atoms with Crippen LogP contribution in [0.25, 0.3) is 10.9 Å². The largest absolute Gasteiger partial charge is 0.481 e. The van der Waals surface area contributed by atoms with Crippen LogP contribution in [0.1, 0.15) is 53.1 Å². The molecule has 2 bridgehead atoms. The topological polar surface area (TPSA) is 82.5 Å². The zero-order valence-corrected chi connectivity index (χ0v) is 22.5. The molecule has 1 unspecified atom stereocenters. The van der Waals surface area contributed by atoms with Crippen molar-refractivity contribution in [2.75, 3.05) is 24.5 Å². The molecule has 1 amide bonds. The predicted octanol–water partition coefficient (Wildman–Crippen LogP) is 6.18. The minimum atomic E-state index is -0.872. The van der Waals surface area contributed by atoms with Gasteiger partial charge < -0.3 is 15.3 Å². The van der Waals surface area contributed by atoms with E-state index in [1.54, 1.807) is 6.07 Å². The summed E-state index contributed by atoms with van der Waals surface area (Å²) >= 11 is 9.97. The summed E-state index contributed by atoms with van der Waals surface area (Å²) in [6.07, 6.45) is 2.96. The van der Waals surface area contributed by atoms with Crippen LogP contribution >= 0.6 is 27.5 Å². The molecular weight excluding hydrogens is 542 g/mol. The lowest BCUT2D eigenvalue weighted by Crippen LogP contribution is -2.49. The lowest BCUT2D eigenvalue weighted by atomic mass is 9.71. The summed E-state index contributed by atoms with van der Waals surface area (Å²) in [7, 11) is 0. The maximum absolute atomic E-state index is 13.7. The molecule has 188 valence electrons. The number of hydrogen-bond donors (Lipinski definition) is 2. The van der Waals surface area contributed by atoms with Gasteiger partial charge in [0.25, 0.3) is 5.91 Å². The van der Waals surface area contributed by atoms with Gasteiger partial charge in [0.2, 0.25) is 0 Å². The van der Waals surface area contributed by atoms with Gasteiger partial charge in [0.1, 0.15) is 5.82 Å². The first-order chi connectivity index (χ1) is 17.3. The van der Waals surface area contributed by atoms with E-state index in [0.29, 0.717) is 28.8 Å². The number of carboxylic acid groups (broad SMARTS) is 1. The second kappa shape index (κ2) is 10.4. The number of amides is 1. The number of benzene rings is 2. The maximum atomic E-state index is 13.7. The number of piperidine rings is 2. The van der Waals surface area contributed by atoms with E-state index in [2.05, 4.69) is 26.1 Å². The number of halogens is 2. The number of carboxylic acids is 1. The number of hydrogen-bond acceptors (Lipinski definition) is 4. The quantitative estimate of drug-likeness (QED) is 0.338. The fourth-order valence-electron chi connectivity index (χ4n) is 5.74. The van der Waals surface area contributed by atoms with Gasteiger partial charge in [-0.2, -0.15) is 0 Å². The summed E-state index contributed by atoms with van der Waals surface area (Å²) in [5, 5.41) is 13.7. The first-order valence-corrected chi connectivity index (χ1v) is 13.6. The van der Waals surface area contributed by atoms with E-state index >= 15 is 0 Å². The van der Waals surface area contributed by atoms with Crippen LogP contribution in [0.3, 0.4) is 0 Å². The molecule has 2 aromatic carbocycles. The van der Waals surface area contributed by atoms with Gasteiger partial charge >= 0.3 is 5.97 Å². The molecule has 0 radical (unpaired) electrons. The lowest BCUT2D eigenvalue weighted by Gasteiger charge is -2.48. The Bertz CT molecular complexity index is 1310. The van der Waals surface area contributed by atoms with Crippen molar-refractivity contribution in [3.05, 3.63) is 68.7 Å². The molecule has 6 rings (SSSR count). The monoisotopic (exact) mass is 569 g/mol. The number of anilines is 1. The molecule has 36 heavy (non-hydrogen) atoms. The summed E-state index contributed by atoms with van der Waals surface area (Å²) in [6, 6.07) is 13.2. The summed E-state index contributed by atoms with van der Waals surface area (Å²) in [5.41, 5.74) is 3.12. The average molecular weight is 571 g/mol. The molecule has 3 fully saturated rings. The van der Waals surface area contributed by atoms with Crippen molar-refractivity contribution in [2.24, 2.45) is 11.8 Å². The van der Waals surface area contributed by atoms with Gasteiger partial charge in [-0.3, -0.25) is 9.59 Å². The number of aromatic nitrogens is 1. The highest BCUT2D eigenvalue weighted by Gasteiger charge is 2.38. The molecule has 0 spiro atoms. The smallest absolute Gasteiger partial charge is 0.303 e. The molecule has 3 aliphatic rings. The lowest BCUT2D eigenvalue weighted by molar-refractivity contribution is -0.137. The highest BCUT2D eigenvalue weighted by Crippen LogP contribution is 2.42. The number of nitrogens with one attached hydrogen (secondary N) is 1. The van der Waals surface area contributed by atoms with Crippen molar-refractivity contribution < 1.29 is 14.7 Å². The van der Waals surface area contributed by atoms with Crippen molar-refractivity contribution in [3.63, 3.8) is 0 Å². The van der Waals surface area contributed by atoms with Crippen molar-refractivity contribution in [1.82, 2.24) is 10.3 Å². The Balaban J connectivity index is 1.46. The molecule has 6 nitrogen and oxygen atoms in total. The van der Waals surface area contributed by atoms with Crippen LogP contribution in [0.15, 0.2) is 46.9 Å². The van der Waals surface area contributed by atoms with E-state index in [0.717, 1.165) is 45.4 Å². The fraction of sp³-hybridized carbons (Fsp3) is 0.393. The van der Waals surface area contributed by atoms with Crippen molar-refractivity contribution >= 4 is 56.1 Å². The van der Waals surface area contributed by atoms with Crippen LogP contribution < -0.4 is 10.2 Å². The zero-order chi connectivity index (χ0) is 25.4. The first-order valence-electron chi connectivity index (χ1n) is 12.4. The number of rotatable bonds is 8. The van der Waals surface area contributed by atoms with Crippen molar-refractivity contribution in [2.45, 2.75) is 38.5 Å². The van der Waals surface area contributed by atoms with Crippen LogP contribution in [0.4, 0.5) is 5.82 Å². The second-order valence-corrected chi connectivity index (χ2v) is 11.4. The Kier molecular flexibility index (Phi) is 7.22.